The van der Waals surface area contributed by atoms with Gasteiger partial charge in [0.15, 0.2) is 0 Å². The lowest BCUT2D eigenvalue weighted by Crippen LogP contribution is -2.45. The number of likely N-dealkylation sites (tertiary alicyclic amines) is 1. The van der Waals surface area contributed by atoms with Gasteiger partial charge in [-0.1, -0.05) is 0 Å². The molecule has 1 aliphatic heterocycles. The number of hydrogen-bond acceptors (Lipinski definition) is 3. The van der Waals surface area contributed by atoms with E-state index in [1.54, 1.807) is 4.90 Å². The summed E-state index contributed by atoms with van der Waals surface area (Å²) in [6.45, 7) is 2.38. The quantitative estimate of drug-likeness (QED) is 0.670. The van der Waals surface area contributed by atoms with Crippen LogP contribution in [0.1, 0.15) is 44.9 Å². The Kier molecular flexibility index (Phi) is 8.12. The minimum Gasteiger partial charge on any atom is -0.481 e. The normalized spacial score (nSPS) is 16.0. The van der Waals surface area contributed by atoms with Gasteiger partial charge in [0.05, 0.1) is 0 Å². The average Bonchev–Trinajstić information content (AvgIpc) is 2.49. The van der Waals surface area contributed by atoms with Gasteiger partial charge in [-0.15, -0.1) is 0 Å². The van der Waals surface area contributed by atoms with Gasteiger partial charge in [0, 0.05) is 39.7 Å². The highest BCUT2D eigenvalue weighted by atomic mass is 16.4. The van der Waals surface area contributed by atoms with Gasteiger partial charge in [0.25, 0.3) is 0 Å². The third kappa shape index (κ3) is 6.80. The van der Waals surface area contributed by atoms with Gasteiger partial charge >= 0.3 is 12.0 Å². The van der Waals surface area contributed by atoms with Gasteiger partial charge in [-0.2, -0.15) is 0 Å². The zero-order chi connectivity index (χ0) is 15.7. The summed E-state index contributed by atoms with van der Waals surface area (Å²) in [5, 5.41) is 17.4. The first kappa shape index (κ1) is 17.8. The summed E-state index contributed by atoms with van der Waals surface area (Å²) in [7, 11) is 1.82. The first-order valence-corrected chi connectivity index (χ1v) is 7.87. The molecule has 1 aliphatic rings. The van der Waals surface area contributed by atoms with Crippen LogP contribution in [-0.2, 0) is 4.79 Å². The maximum atomic E-state index is 12.2. The van der Waals surface area contributed by atoms with Crippen molar-refractivity contribution in [3.05, 3.63) is 0 Å². The molecule has 0 spiro atoms. The maximum absolute atomic E-state index is 12.2. The first-order chi connectivity index (χ1) is 10.0. The number of aliphatic carboxylic acids is 1. The van der Waals surface area contributed by atoms with E-state index in [-0.39, 0.29) is 19.1 Å². The molecule has 6 heteroatoms. The van der Waals surface area contributed by atoms with Crippen molar-refractivity contribution < 1.29 is 19.8 Å². The van der Waals surface area contributed by atoms with Gasteiger partial charge in [0.2, 0.25) is 0 Å². The molecule has 122 valence electrons. The third-order valence-electron chi connectivity index (χ3n) is 4.13. The fourth-order valence-corrected chi connectivity index (χ4v) is 2.72. The summed E-state index contributed by atoms with van der Waals surface area (Å²) in [5.41, 5.74) is 0. The fraction of sp³-hybridized carbons (Fsp3) is 0.867. The summed E-state index contributed by atoms with van der Waals surface area (Å²) in [6.07, 6.45) is 5.38. The van der Waals surface area contributed by atoms with Crippen LogP contribution < -0.4 is 0 Å². The van der Waals surface area contributed by atoms with Crippen molar-refractivity contribution in [1.82, 2.24) is 9.80 Å². The average molecular weight is 300 g/mol. The standard InChI is InChI=1S/C15H28N2O4/c1-16(9-3-2-4-12-18)15(21)17-10-7-13(8-11-17)5-6-14(19)20/h13,18H,2-12H2,1H3,(H,19,20). The number of carbonyl (C=O) groups is 2. The zero-order valence-electron chi connectivity index (χ0n) is 13.0. The number of aliphatic hydroxyl groups is 1. The number of unbranched alkanes of at least 4 members (excludes halogenated alkanes) is 2. The molecule has 0 bridgehead atoms. The monoisotopic (exact) mass is 300 g/mol. The van der Waals surface area contributed by atoms with Crippen molar-refractivity contribution in [1.29, 1.82) is 0 Å². The Hall–Kier alpha value is -1.30. The summed E-state index contributed by atoms with van der Waals surface area (Å²) in [4.78, 5) is 26.4. The largest absolute Gasteiger partial charge is 0.481 e. The van der Waals surface area contributed by atoms with E-state index in [4.69, 9.17) is 10.2 Å². The molecule has 1 fully saturated rings. The Bertz CT molecular complexity index is 328. The van der Waals surface area contributed by atoms with E-state index >= 15 is 0 Å². The number of hydrogen-bond donors (Lipinski definition) is 2. The van der Waals surface area contributed by atoms with Crippen LogP contribution in [0.5, 0.6) is 0 Å². The van der Waals surface area contributed by atoms with Crippen LogP contribution in [0.3, 0.4) is 0 Å². The summed E-state index contributed by atoms with van der Waals surface area (Å²) < 4.78 is 0. The number of carboxylic acids is 1. The van der Waals surface area contributed by atoms with Gasteiger partial charge in [-0.25, -0.2) is 4.79 Å². The summed E-state index contributed by atoms with van der Waals surface area (Å²) >= 11 is 0. The number of rotatable bonds is 8. The molecule has 0 atom stereocenters. The lowest BCUT2D eigenvalue weighted by molar-refractivity contribution is -0.137. The molecule has 2 amide bonds. The molecule has 0 aromatic heterocycles. The van der Waals surface area contributed by atoms with Crippen molar-refractivity contribution in [3.8, 4) is 0 Å². The van der Waals surface area contributed by atoms with E-state index in [1.165, 1.54) is 0 Å². The molecule has 0 aromatic carbocycles. The van der Waals surface area contributed by atoms with Gasteiger partial charge in [0.1, 0.15) is 0 Å². The van der Waals surface area contributed by atoms with E-state index in [0.717, 1.165) is 51.7 Å². The predicted molar refractivity (Wildman–Crippen MR) is 80.1 cm³/mol. The molecule has 1 heterocycles. The Morgan fingerprint density at radius 3 is 2.43 bits per heavy atom. The molecule has 0 aromatic rings. The Morgan fingerprint density at radius 1 is 1.19 bits per heavy atom. The van der Waals surface area contributed by atoms with Crippen molar-refractivity contribution in [3.63, 3.8) is 0 Å². The van der Waals surface area contributed by atoms with Crippen LogP contribution in [-0.4, -0.2) is 65.3 Å². The van der Waals surface area contributed by atoms with Gasteiger partial charge in [-0.3, -0.25) is 4.79 Å². The molecule has 0 radical (unpaired) electrons. The highest BCUT2D eigenvalue weighted by molar-refractivity contribution is 5.74. The molecule has 0 saturated carbocycles. The molecule has 6 nitrogen and oxygen atoms in total. The molecular formula is C15H28N2O4. The number of amides is 2. The van der Waals surface area contributed by atoms with Crippen molar-refractivity contribution >= 4 is 12.0 Å². The van der Waals surface area contributed by atoms with E-state index in [2.05, 4.69) is 0 Å². The minimum absolute atomic E-state index is 0.0654. The van der Waals surface area contributed by atoms with Crippen molar-refractivity contribution in [2.75, 3.05) is 33.3 Å². The number of piperidine rings is 1. The minimum atomic E-state index is -0.740. The zero-order valence-corrected chi connectivity index (χ0v) is 13.0. The Labute approximate surface area is 126 Å². The predicted octanol–water partition coefficient (Wildman–Crippen LogP) is 1.78. The Morgan fingerprint density at radius 2 is 1.86 bits per heavy atom. The number of carbonyl (C=O) groups excluding carboxylic acids is 1. The summed E-state index contributed by atoms with van der Waals surface area (Å²) in [6, 6.07) is 0.0654. The van der Waals surface area contributed by atoms with E-state index in [9.17, 15) is 9.59 Å². The SMILES string of the molecule is CN(CCCCCO)C(=O)N1CCC(CCC(=O)O)CC1. The second-order valence-electron chi connectivity index (χ2n) is 5.85. The van der Waals surface area contributed by atoms with Gasteiger partial charge in [-0.05, 0) is 44.4 Å². The number of aliphatic hydroxyl groups excluding tert-OH is 1. The van der Waals surface area contributed by atoms with Crippen LogP contribution >= 0.6 is 0 Å². The molecule has 1 saturated heterocycles. The number of urea groups is 1. The molecule has 21 heavy (non-hydrogen) atoms. The van der Waals surface area contributed by atoms with Crippen LogP contribution in [0.2, 0.25) is 0 Å². The molecule has 0 aliphatic carbocycles. The van der Waals surface area contributed by atoms with Crippen LogP contribution in [0.25, 0.3) is 0 Å². The second kappa shape index (κ2) is 9.60. The van der Waals surface area contributed by atoms with Crippen molar-refractivity contribution in [2.24, 2.45) is 5.92 Å². The smallest absolute Gasteiger partial charge is 0.319 e. The number of carboxylic acid groups (broad SMARTS) is 1. The maximum Gasteiger partial charge on any atom is 0.319 e. The van der Waals surface area contributed by atoms with Crippen LogP contribution in [0.15, 0.2) is 0 Å². The highest BCUT2D eigenvalue weighted by Crippen LogP contribution is 2.22. The number of nitrogens with zero attached hydrogens (tertiary/aromatic N) is 2. The lowest BCUT2D eigenvalue weighted by Gasteiger charge is -2.34. The summed E-state index contributed by atoms with van der Waals surface area (Å²) in [5.74, 6) is -0.309. The van der Waals surface area contributed by atoms with E-state index in [0.29, 0.717) is 12.3 Å². The third-order valence-corrected chi connectivity index (χ3v) is 4.13. The Balaban J connectivity index is 2.22. The first-order valence-electron chi connectivity index (χ1n) is 7.87. The molecule has 1 rings (SSSR count). The van der Waals surface area contributed by atoms with E-state index in [1.807, 2.05) is 11.9 Å². The van der Waals surface area contributed by atoms with Gasteiger partial charge < -0.3 is 20.0 Å². The fourth-order valence-electron chi connectivity index (χ4n) is 2.72. The molecule has 2 N–H and O–H groups in total. The van der Waals surface area contributed by atoms with Crippen molar-refractivity contribution in [2.45, 2.75) is 44.9 Å². The van der Waals surface area contributed by atoms with E-state index < -0.39 is 5.97 Å². The highest BCUT2D eigenvalue weighted by Gasteiger charge is 2.24. The molecule has 0 unspecified atom stereocenters. The van der Waals surface area contributed by atoms with Crippen LogP contribution in [0.4, 0.5) is 4.79 Å². The lowest BCUT2D eigenvalue weighted by atomic mass is 9.92. The molecular weight excluding hydrogens is 272 g/mol. The topological polar surface area (TPSA) is 81.1 Å². The second-order valence-corrected chi connectivity index (χ2v) is 5.85. The van der Waals surface area contributed by atoms with Crippen LogP contribution in [0, 0.1) is 5.92 Å².